The van der Waals surface area contributed by atoms with E-state index in [-0.39, 0.29) is 48.1 Å². The molecule has 1 aliphatic heterocycles. The molecule has 0 radical (unpaired) electrons. The van der Waals surface area contributed by atoms with Crippen LogP contribution in [0.5, 0.6) is 11.5 Å². The second-order valence-corrected chi connectivity index (χ2v) is 8.23. The van der Waals surface area contributed by atoms with Crippen molar-refractivity contribution in [2.24, 2.45) is 4.99 Å². The zero-order chi connectivity index (χ0) is 20.9. The molecule has 1 heterocycles. The number of ether oxygens (including phenoxy) is 2. The highest BCUT2D eigenvalue weighted by molar-refractivity contribution is 14.0. The topological polar surface area (TPSA) is 75.2 Å². The minimum atomic E-state index is -0.262. The molecule has 7 nitrogen and oxygen atoms in total. The van der Waals surface area contributed by atoms with Gasteiger partial charge in [0.05, 0.1) is 20.2 Å². The summed E-state index contributed by atoms with van der Waals surface area (Å²) in [5.41, 5.74) is 1.86. The number of guanidine groups is 1. The van der Waals surface area contributed by atoms with E-state index in [0.29, 0.717) is 19.0 Å². The smallest absolute Gasteiger partial charge is 0.240 e. The third-order valence-corrected chi connectivity index (χ3v) is 4.29. The van der Waals surface area contributed by atoms with Gasteiger partial charge in [-0.25, -0.2) is 4.99 Å². The Labute approximate surface area is 191 Å². The molecule has 1 unspecified atom stereocenters. The number of nitrogens with zero attached hydrogens (tertiary/aromatic N) is 2. The number of fused-ring (bicyclic) bond motifs is 1. The summed E-state index contributed by atoms with van der Waals surface area (Å²) in [6, 6.07) is 4.05. The van der Waals surface area contributed by atoms with Gasteiger partial charge in [-0.15, -0.1) is 24.0 Å². The van der Waals surface area contributed by atoms with Crippen LogP contribution in [0.3, 0.4) is 0 Å². The maximum absolute atomic E-state index is 12.2. The first-order valence-corrected chi connectivity index (χ1v) is 9.79. The minimum Gasteiger partial charge on any atom is -0.496 e. The molecule has 1 atom stereocenters. The van der Waals surface area contributed by atoms with Crippen molar-refractivity contribution in [1.29, 1.82) is 0 Å². The number of aliphatic imine (C=N–C) groups is 1. The molecule has 0 aromatic heterocycles. The van der Waals surface area contributed by atoms with Crippen molar-refractivity contribution >= 4 is 35.8 Å². The first kappa shape index (κ1) is 25.3. The molecule has 1 amide bonds. The van der Waals surface area contributed by atoms with E-state index in [9.17, 15) is 4.79 Å². The van der Waals surface area contributed by atoms with Crippen molar-refractivity contribution in [3.8, 4) is 11.5 Å². The van der Waals surface area contributed by atoms with Crippen molar-refractivity contribution in [2.45, 2.75) is 59.2 Å². The molecule has 1 aliphatic rings. The maximum Gasteiger partial charge on any atom is 0.240 e. The van der Waals surface area contributed by atoms with Crippen LogP contribution in [0.2, 0.25) is 0 Å². The van der Waals surface area contributed by atoms with Crippen molar-refractivity contribution in [3.63, 3.8) is 0 Å². The van der Waals surface area contributed by atoms with Gasteiger partial charge in [-0.3, -0.25) is 4.79 Å². The number of hydrogen-bond acceptors (Lipinski definition) is 4. The second kappa shape index (κ2) is 10.9. The summed E-state index contributed by atoms with van der Waals surface area (Å²) in [5, 5.41) is 6.21. The standard InChI is InChI=1S/C21H34N4O3.HI/c1-8-22-20(25(6)13-19(26)24-21(3,4)5)23-12-16-11-18-15(9-14(2)28-18)10-17(16)27-7;/h10-11,14H,8-9,12-13H2,1-7H3,(H,22,23)(H,24,26);1H. The first-order valence-electron chi connectivity index (χ1n) is 9.79. The average Bonchev–Trinajstić information content (AvgIpc) is 2.94. The Morgan fingerprint density at radius 2 is 2.07 bits per heavy atom. The lowest BCUT2D eigenvalue weighted by molar-refractivity contribution is -0.122. The largest absolute Gasteiger partial charge is 0.496 e. The Kier molecular flexibility index (Phi) is 9.51. The molecule has 0 spiro atoms. The number of amides is 1. The zero-order valence-electron chi connectivity index (χ0n) is 18.6. The lowest BCUT2D eigenvalue weighted by Crippen LogP contribution is -2.48. The molecule has 164 valence electrons. The highest BCUT2D eigenvalue weighted by Crippen LogP contribution is 2.35. The van der Waals surface area contributed by atoms with Crippen LogP contribution in [0.4, 0.5) is 0 Å². The molecule has 0 bridgehead atoms. The number of carbonyl (C=O) groups is 1. The Hall–Kier alpha value is -1.71. The summed E-state index contributed by atoms with van der Waals surface area (Å²) < 4.78 is 11.4. The van der Waals surface area contributed by atoms with Crippen molar-refractivity contribution in [3.05, 3.63) is 23.3 Å². The number of halogens is 1. The SMILES string of the molecule is CCNC(=NCc1cc2c(cc1OC)CC(C)O2)N(C)CC(=O)NC(C)(C)C.I. The van der Waals surface area contributed by atoms with Crippen LogP contribution < -0.4 is 20.1 Å². The molecular formula is C21H35IN4O3. The summed E-state index contributed by atoms with van der Waals surface area (Å²) >= 11 is 0. The molecule has 2 N–H and O–H groups in total. The zero-order valence-corrected chi connectivity index (χ0v) is 20.9. The molecule has 1 aromatic rings. The number of likely N-dealkylation sites (N-methyl/N-ethyl adjacent to an activating group) is 1. The Morgan fingerprint density at radius 3 is 2.66 bits per heavy atom. The normalized spacial score (nSPS) is 15.7. The number of carbonyl (C=O) groups excluding carboxylic acids is 1. The molecule has 0 saturated carbocycles. The number of rotatable bonds is 6. The van der Waals surface area contributed by atoms with Gasteiger partial charge >= 0.3 is 0 Å². The molecule has 8 heteroatoms. The van der Waals surface area contributed by atoms with Gasteiger partial charge in [-0.05, 0) is 46.8 Å². The van der Waals surface area contributed by atoms with Crippen molar-refractivity contribution in [1.82, 2.24) is 15.5 Å². The molecule has 0 fully saturated rings. The molecule has 1 aromatic carbocycles. The fourth-order valence-electron chi connectivity index (χ4n) is 3.17. The number of hydrogen-bond donors (Lipinski definition) is 2. The summed E-state index contributed by atoms with van der Waals surface area (Å²) in [4.78, 5) is 18.8. The summed E-state index contributed by atoms with van der Waals surface area (Å²) in [6.45, 7) is 11.3. The quantitative estimate of drug-likeness (QED) is 0.344. The van der Waals surface area contributed by atoms with E-state index in [2.05, 4.69) is 17.6 Å². The highest BCUT2D eigenvalue weighted by Gasteiger charge is 2.22. The van der Waals surface area contributed by atoms with Gasteiger partial charge in [-0.1, -0.05) is 0 Å². The number of benzene rings is 1. The van der Waals surface area contributed by atoms with Crippen LogP contribution >= 0.6 is 24.0 Å². The van der Waals surface area contributed by atoms with Gasteiger partial charge in [0.25, 0.3) is 0 Å². The van der Waals surface area contributed by atoms with E-state index >= 15 is 0 Å². The molecular weight excluding hydrogens is 483 g/mol. The minimum absolute atomic E-state index is 0. The molecule has 2 rings (SSSR count). The van der Waals surface area contributed by atoms with Crippen LogP contribution in [-0.4, -0.2) is 55.7 Å². The lowest BCUT2D eigenvalue weighted by atomic mass is 10.1. The van der Waals surface area contributed by atoms with Gasteiger partial charge in [0.2, 0.25) is 5.91 Å². The van der Waals surface area contributed by atoms with E-state index in [1.54, 1.807) is 7.11 Å². The van der Waals surface area contributed by atoms with Gasteiger partial charge in [0, 0.05) is 36.7 Å². The Balaban J connectivity index is 0.00000420. The summed E-state index contributed by atoms with van der Waals surface area (Å²) in [6.07, 6.45) is 1.08. The van der Waals surface area contributed by atoms with E-state index in [1.165, 1.54) is 5.56 Å². The molecule has 0 saturated heterocycles. The number of methoxy groups -OCH3 is 1. The van der Waals surface area contributed by atoms with Crippen LogP contribution in [0.25, 0.3) is 0 Å². The Morgan fingerprint density at radius 1 is 1.38 bits per heavy atom. The van der Waals surface area contributed by atoms with Gasteiger partial charge in [-0.2, -0.15) is 0 Å². The molecule has 0 aliphatic carbocycles. The predicted octanol–water partition coefficient (Wildman–Crippen LogP) is 2.95. The first-order chi connectivity index (χ1) is 13.1. The van der Waals surface area contributed by atoms with Crippen LogP contribution in [0.1, 0.15) is 45.7 Å². The lowest BCUT2D eigenvalue weighted by Gasteiger charge is -2.25. The van der Waals surface area contributed by atoms with Crippen LogP contribution in [0, 0.1) is 0 Å². The third kappa shape index (κ3) is 7.56. The fourth-order valence-corrected chi connectivity index (χ4v) is 3.17. The second-order valence-electron chi connectivity index (χ2n) is 8.23. The van der Waals surface area contributed by atoms with Crippen LogP contribution in [-0.2, 0) is 17.8 Å². The maximum atomic E-state index is 12.2. The Bertz CT molecular complexity index is 731. The van der Waals surface area contributed by atoms with Crippen LogP contribution in [0.15, 0.2) is 17.1 Å². The summed E-state index contributed by atoms with van der Waals surface area (Å²) in [5.74, 6) is 2.34. The van der Waals surface area contributed by atoms with E-state index < -0.39 is 0 Å². The molecule has 29 heavy (non-hydrogen) atoms. The highest BCUT2D eigenvalue weighted by atomic mass is 127. The van der Waals surface area contributed by atoms with Crippen molar-refractivity contribution < 1.29 is 14.3 Å². The third-order valence-electron chi connectivity index (χ3n) is 4.29. The fraction of sp³-hybridized carbons (Fsp3) is 0.619. The van der Waals surface area contributed by atoms with Gasteiger partial charge < -0.3 is 25.0 Å². The van der Waals surface area contributed by atoms with E-state index in [0.717, 1.165) is 23.5 Å². The summed E-state index contributed by atoms with van der Waals surface area (Å²) in [7, 11) is 3.52. The monoisotopic (exact) mass is 518 g/mol. The average molecular weight is 518 g/mol. The number of nitrogens with one attached hydrogen (secondary N) is 2. The van der Waals surface area contributed by atoms with Gasteiger partial charge in [0.1, 0.15) is 17.6 Å². The van der Waals surface area contributed by atoms with E-state index in [4.69, 9.17) is 14.5 Å². The van der Waals surface area contributed by atoms with E-state index in [1.807, 2.05) is 51.8 Å². The van der Waals surface area contributed by atoms with Gasteiger partial charge in [0.15, 0.2) is 5.96 Å². The van der Waals surface area contributed by atoms with Crippen molar-refractivity contribution in [2.75, 3.05) is 27.2 Å². The predicted molar refractivity (Wildman–Crippen MR) is 128 cm³/mol.